The third kappa shape index (κ3) is 10.3. The van der Waals surface area contributed by atoms with Crippen molar-refractivity contribution in [3.05, 3.63) is 41.7 Å². The maximum atomic E-state index is 12.3. The highest BCUT2D eigenvalue weighted by Gasteiger charge is 2.26. The fourth-order valence-corrected chi connectivity index (χ4v) is 3.49. The molecule has 0 saturated carbocycles. The first-order chi connectivity index (χ1) is 18.1. The number of amides is 2. The van der Waals surface area contributed by atoms with Crippen LogP contribution in [-0.4, -0.2) is 78.8 Å². The number of benzene rings is 1. The van der Waals surface area contributed by atoms with Gasteiger partial charge in [-0.2, -0.15) is 0 Å². The van der Waals surface area contributed by atoms with E-state index in [0.29, 0.717) is 31.4 Å². The summed E-state index contributed by atoms with van der Waals surface area (Å²) in [7, 11) is 0. The van der Waals surface area contributed by atoms with Crippen LogP contribution in [0.25, 0.3) is 5.69 Å². The zero-order valence-electron chi connectivity index (χ0n) is 20.5. The monoisotopic (exact) mass is 535 g/mol. The van der Waals surface area contributed by atoms with Gasteiger partial charge in [-0.25, -0.2) is 14.3 Å². The van der Waals surface area contributed by atoms with Crippen molar-refractivity contribution in [1.82, 2.24) is 25.6 Å². The molecule has 0 fully saturated rings. The largest absolute Gasteiger partial charge is 0.481 e. The number of carbonyl (C=O) groups is 5. The second-order valence-corrected chi connectivity index (χ2v) is 8.52. The topological polar surface area (TPSA) is 201 Å². The predicted molar refractivity (Wildman–Crippen MR) is 129 cm³/mol. The molecule has 0 bridgehead atoms. The first kappa shape index (κ1) is 29.9. The van der Waals surface area contributed by atoms with E-state index in [0.717, 1.165) is 11.3 Å². The number of nitrogens with one attached hydrogen (secondary N) is 2. The van der Waals surface area contributed by atoms with Crippen LogP contribution < -0.4 is 10.6 Å². The Labute approximate surface area is 217 Å². The Hall–Kier alpha value is -4.36. The van der Waals surface area contributed by atoms with Gasteiger partial charge in [0.25, 0.3) is 0 Å². The second kappa shape index (κ2) is 15.0. The van der Waals surface area contributed by atoms with Crippen molar-refractivity contribution < 1.29 is 43.7 Å². The molecule has 1 aromatic heterocycles. The number of carboxylic acid groups (broad SMARTS) is 3. The van der Waals surface area contributed by atoms with Gasteiger partial charge in [-0.05, 0) is 49.8 Å². The molecule has 0 saturated heterocycles. The van der Waals surface area contributed by atoms with E-state index in [-0.39, 0.29) is 12.8 Å². The van der Waals surface area contributed by atoms with E-state index >= 15 is 0 Å². The van der Waals surface area contributed by atoms with Gasteiger partial charge >= 0.3 is 17.9 Å². The van der Waals surface area contributed by atoms with Crippen molar-refractivity contribution >= 4 is 29.7 Å². The average Bonchev–Trinajstić information content (AvgIpc) is 3.34. The van der Waals surface area contributed by atoms with Crippen LogP contribution in [0.4, 0.5) is 4.39 Å². The fraction of sp³-hybridized carbons (Fsp3) is 0.458. The number of carboxylic acids is 3. The van der Waals surface area contributed by atoms with Crippen LogP contribution in [0.15, 0.2) is 30.5 Å². The lowest BCUT2D eigenvalue weighted by molar-refractivity contribution is -0.145. The lowest BCUT2D eigenvalue weighted by Gasteiger charge is -2.17. The molecule has 0 aliphatic heterocycles. The average molecular weight is 536 g/mol. The summed E-state index contributed by atoms with van der Waals surface area (Å²) in [6.07, 6.45) is 1.94. The van der Waals surface area contributed by atoms with Crippen LogP contribution in [0, 0.1) is 0 Å². The van der Waals surface area contributed by atoms with E-state index in [9.17, 15) is 33.5 Å². The molecule has 2 rings (SSSR count). The molecule has 38 heavy (non-hydrogen) atoms. The van der Waals surface area contributed by atoms with Gasteiger partial charge in [-0.15, -0.1) is 5.10 Å². The molecule has 2 unspecified atom stereocenters. The van der Waals surface area contributed by atoms with Gasteiger partial charge in [0.15, 0.2) is 0 Å². The summed E-state index contributed by atoms with van der Waals surface area (Å²) < 4.78 is 13.9. The minimum absolute atomic E-state index is 0.00940. The second-order valence-electron chi connectivity index (χ2n) is 8.52. The van der Waals surface area contributed by atoms with E-state index < -0.39 is 61.3 Å². The normalized spacial score (nSPS) is 12.3. The highest BCUT2D eigenvalue weighted by Crippen LogP contribution is 2.12. The highest BCUT2D eigenvalue weighted by atomic mass is 19.1. The molecule has 2 atom stereocenters. The Bertz CT molecular complexity index is 1120. The summed E-state index contributed by atoms with van der Waals surface area (Å²) in [6.45, 7) is -0.421. The maximum absolute atomic E-state index is 12.3. The molecule has 5 N–H and O–H groups in total. The third-order valence-electron chi connectivity index (χ3n) is 5.48. The minimum Gasteiger partial charge on any atom is -0.481 e. The zero-order valence-corrected chi connectivity index (χ0v) is 20.5. The van der Waals surface area contributed by atoms with E-state index in [2.05, 4.69) is 20.9 Å². The molecule has 206 valence electrons. The lowest BCUT2D eigenvalue weighted by Crippen LogP contribution is -2.47. The molecule has 2 aromatic rings. The van der Waals surface area contributed by atoms with Crippen molar-refractivity contribution in [3.8, 4) is 5.69 Å². The van der Waals surface area contributed by atoms with Gasteiger partial charge in [0, 0.05) is 12.8 Å². The molecule has 1 heterocycles. The number of carbonyl (C=O) groups excluding carboxylic acids is 2. The zero-order chi connectivity index (χ0) is 28.1. The maximum Gasteiger partial charge on any atom is 0.326 e. The molecular formula is C24H30FN5O8. The van der Waals surface area contributed by atoms with Gasteiger partial charge in [0.05, 0.1) is 30.7 Å². The molecule has 13 nitrogen and oxygen atoms in total. The Balaban J connectivity index is 1.81. The van der Waals surface area contributed by atoms with E-state index in [1.165, 1.54) is 0 Å². The van der Waals surface area contributed by atoms with Crippen LogP contribution in [0.1, 0.15) is 49.8 Å². The van der Waals surface area contributed by atoms with Gasteiger partial charge in [0.1, 0.15) is 12.1 Å². The Morgan fingerprint density at radius 1 is 0.868 bits per heavy atom. The number of aromatic nitrogens is 3. The quantitative estimate of drug-likeness (QED) is 0.194. The Morgan fingerprint density at radius 2 is 1.53 bits per heavy atom. The summed E-state index contributed by atoms with van der Waals surface area (Å²) in [5.74, 6) is -5.71. The molecule has 0 radical (unpaired) electrons. The van der Waals surface area contributed by atoms with Crippen LogP contribution in [0.5, 0.6) is 0 Å². The van der Waals surface area contributed by atoms with Crippen LogP contribution in [0.2, 0.25) is 0 Å². The lowest BCUT2D eigenvalue weighted by atomic mass is 10.1. The number of nitrogens with zero attached hydrogens (tertiary/aromatic N) is 3. The summed E-state index contributed by atoms with van der Waals surface area (Å²) in [4.78, 5) is 57.7. The fourth-order valence-electron chi connectivity index (χ4n) is 3.49. The first-order valence-corrected chi connectivity index (χ1v) is 11.9. The van der Waals surface area contributed by atoms with Gasteiger partial charge < -0.3 is 26.0 Å². The Morgan fingerprint density at radius 3 is 2.13 bits per heavy atom. The smallest absolute Gasteiger partial charge is 0.326 e. The first-order valence-electron chi connectivity index (χ1n) is 11.9. The van der Waals surface area contributed by atoms with E-state index in [1.54, 1.807) is 10.9 Å². The summed E-state index contributed by atoms with van der Waals surface area (Å²) in [6, 6.07) is 4.27. The van der Waals surface area contributed by atoms with E-state index in [4.69, 9.17) is 10.2 Å². The number of rotatable bonds is 17. The van der Waals surface area contributed by atoms with Crippen LogP contribution in [0.3, 0.4) is 0 Å². The van der Waals surface area contributed by atoms with Crippen molar-refractivity contribution in [2.24, 2.45) is 0 Å². The standard InChI is InChI=1S/C24H30FN5O8/c25-12-2-4-16-14-30(29-28-16)17-8-6-15(7-9-17)3-1-5-20(31)27-19(24(37)38)13-21(32)26-18(23(35)36)10-11-22(33)34/h6-9,14,18-19H,1-5,10-13H2,(H,26,32)(H,27,31)(H,33,34)(H,35,36)(H,37,38). The highest BCUT2D eigenvalue weighted by molar-refractivity contribution is 5.90. The molecule has 2 amide bonds. The number of alkyl halides is 1. The number of aryl methyl sites for hydroxylation is 2. The number of aliphatic carboxylic acids is 3. The summed E-state index contributed by atoms with van der Waals surface area (Å²) >= 11 is 0. The van der Waals surface area contributed by atoms with Crippen LogP contribution in [-0.2, 0) is 36.8 Å². The van der Waals surface area contributed by atoms with Crippen molar-refractivity contribution in [2.75, 3.05) is 6.67 Å². The number of hydrogen-bond donors (Lipinski definition) is 5. The predicted octanol–water partition coefficient (Wildman–Crippen LogP) is 0.886. The van der Waals surface area contributed by atoms with Gasteiger partial charge in [-0.1, -0.05) is 17.3 Å². The molecule has 14 heteroatoms. The van der Waals surface area contributed by atoms with Gasteiger partial charge in [0.2, 0.25) is 11.8 Å². The number of halogens is 1. The molecular weight excluding hydrogens is 505 g/mol. The minimum atomic E-state index is -1.58. The van der Waals surface area contributed by atoms with Crippen LogP contribution >= 0.6 is 0 Å². The summed E-state index contributed by atoms with van der Waals surface area (Å²) in [5.41, 5.74) is 2.38. The molecule has 0 aliphatic carbocycles. The van der Waals surface area contributed by atoms with Crippen molar-refractivity contribution in [2.45, 2.75) is 63.5 Å². The SMILES string of the molecule is O=C(O)CCC(NC(=O)CC(NC(=O)CCCc1ccc(-n2cc(CCCF)nn2)cc1)C(=O)O)C(=O)O. The molecule has 0 aliphatic rings. The van der Waals surface area contributed by atoms with E-state index in [1.807, 2.05) is 24.3 Å². The Kier molecular flexibility index (Phi) is 11.8. The molecule has 1 aromatic carbocycles. The summed E-state index contributed by atoms with van der Waals surface area (Å²) in [5, 5.41) is 39.5. The van der Waals surface area contributed by atoms with Gasteiger partial charge in [-0.3, -0.25) is 18.8 Å². The van der Waals surface area contributed by atoms with Crippen molar-refractivity contribution in [3.63, 3.8) is 0 Å². The van der Waals surface area contributed by atoms with Crippen molar-refractivity contribution in [1.29, 1.82) is 0 Å². The third-order valence-corrected chi connectivity index (χ3v) is 5.48. The molecule has 0 spiro atoms. The number of hydrogen-bond acceptors (Lipinski definition) is 7.